The van der Waals surface area contributed by atoms with Gasteiger partial charge >= 0.3 is 5.97 Å². The molecule has 1 aliphatic heterocycles. The van der Waals surface area contributed by atoms with Gasteiger partial charge in [0.05, 0.1) is 22.8 Å². The topological polar surface area (TPSA) is 92.5 Å². The van der Waals surface area contributed by atoms with Crippen molar-refractivity contribution in [2.45, 2.75) is 38.6 Å². The van der Waals surface area contributed by atoms with E-state index in [9.17, 15) is 14.4 Å². The van der Waals surface area contributed by atoms with Crippen LogP contribution in [-0.2, 0) is 4.79 Å². The van der Waals surface area contributed by atoms with Crippen molar-refractivity contribution < 1.29 is 19.5 Å². The van der Waals surface area contributed by atoms with E-state index in [1.54, 1.807) is 22.6 Å². The first-order valence-electron chi connectivity index (χ1n) is 8.59. The predicted octanol–water partition coefficient (Wildman–Crippen LogP) is 2.78. The largest absolute Gasteiger partial charge is 0.478 e. The van der Waals surface area contributed by atoms with E-state index in [1.165, 1.54) is 17.5 Å². The van der Waals surface area contributed by atoms with Gasteiger partial charge in [-0.15, -0.1) is 11.3 Å². The van der Waals surface area contributed by atoms with Crippen LogP contribution >= 0.6 is 11.3 Å². The number of carboxylic acids is 1. The fraction of sp³-hybridized carbons (Fsp3) is 0.444. The van der Waals surface area contributed by atoms with Gasteiger partial charge in [-0.05, 0) is 31.2 Å². The quantitative estimate of drug-likeness (QED) is 0.784. The van der Waals surface area contributed by atoms with E-state index in [1.807, 2.05) is 11.4 Å². The smallest absolute Gasteiger partial charge is 0.339 e. The highest BCUT2D eigenvalue weighted by Crippen LogP contribution is 2.25. The molecule has 1 fully saturated rings. The maximum absolute atomic E-state index is 12.4. The second-order valence-electron chi connectivity index (χ2n) is 6.41. The minimum absolute atomic E-state index is 0.00299. The maximum atomic E-state index is 12.4. The molecule has 1 N–H and O–H groups in total. The van der Waals surface area contributed by atoms with Gasteiger partial charge in [0.2, 0.25) is 5.91 Å². The molecule has 1 saturated heterocycles. The van der Waals surface area contributed by atoms with Crippen molar-refractivity contribution in [1.82, 2.24) is 14.7 Å². The van der Waals surface area contributed by atoms with Crippen LogP contribution in [0.2, 0.25) is 0 Å². The van der Waals surface area contributed by atoms with Gasteiger partial charge in [0.1, 0.15) is 5.56 Å². The summed E-state index contributed by atoms with van der Waals surface area (Å²) >= 11 is 1.40. The van der Waals surface area contributed by atoms with Crippen LogP contribution in [-0.4, -0.2) is 50.5 Å². The van der Waals surface area contributed by atoms with Crippen LogP contribution < -0.4 is 0 Å². The molecule has 2 aromatic heterocycles. The molecule has 138 valence electrons. The Morgan fingerprint density at radius 2 is 2.00 bits per heavy atom. The molecular weight excluding hydrogens is 354 g/mol. The number of aromatic nitrogens is 2. The summed E-state index contributed by atoms with van der Waals surface area (Å²) in [7, 11) is 0. The number of nitrogens with zero attached hydrogens (tertiary/aromatic N) is 3. The molecule has 0 spiro atoms. The zero-order chi connectivity index (χ0) is 18.7. The molecular formula is C18H21N3O4S. The third-order valence-corrected chi connectivity index (χ3v) is 5.71. The van der Waals surface area contributed by atoms with E-state index in [-0.39, 0.29) is 36.1 Å². The Bertz CT molecular complexity index is 805. The fourth-order valence-corrected chi connectivity index (χ4v) is 3.99. The number of piperidine rings is 1. The molecule has 0 saturated carbocycles. The molecule has 0 bridgehead atoms. The lowest BCUT2D eigenvalue weighted by atomic mass is 10.0. The first kappa shape index (κ1) is 18.3. The Hall–Kier alpha value is -2.48. The first-order chi connectivity index (χ1) is 12.5. The van der Waals surface area contributed by atoms with Gasteiger partial charge in [-0.3, -0.25) is 14.3 Å². The number of amides is 1. The lowest BCUT2D eigenvalue weighted by Crippen LogP contribution is -2.39. The molecule has 0 atom stereocenters. The normalized spacial score (nSPS) is 15.2. The summed E-state index contributed by atoms with van der Waals surface area (Å²) in [5.41, 5.74) is 0.861. The highest BCUT2D eigenvalue weighted by molar-refractivity contribution is 7.12. The Morgan fingerprint density at radius 1 is 1.27 bits per heavy atom. The average molecular weight is 375 g/mol. The number of ketones is 1. The number of carbonyl (C=O) groups is 3. The second kappa shape index (κ2) is 7.82. The molecule has 7 nitrogen and oxygen atoms in total. The Kier molecular flexibility index (Phi) is 5.51. The van der Waals surface area contributed by atoms with E-state index < -0.39 is 5.97 Å². The number of hydrogen-bond acceptors (Lipinski definition) is 5. The van der Waals surface area contributed by atoms with Crippen LogP contribution in [0.25, 0.3) is 0 Å². The van der Waals surface area contributed by atoms with Crippen molar-refractivity contribution in [1.29, 1.82) is 0 Å². The van der Waals surface area contributed by atoms with Gasteiger partial charge in [0, 0.05) is 25.9 Å². The van der Waals surface area contributed by atoms with Gasteiger partial charge < -0.3 is 10.0 Å². The van der Waals surface area contributed by atoms with Crippen LogP contribution in [0.5, 0.6) is 0 Å². The molecule has 26 heavy (non-hydrogen) atoms. The summed E-state index contributed by atoms with van der Waals surface area (Å²) in [4.78, 5) is 38.0. The molecule has 0 radical (unpaired) electrons. The zero-order valence-electron chi connectivity index (χ0n) is 14.6. The third-order valence-electron chi connectivity index (χ3n) is 4.80. The van der Waals surface area contributed by atoms with E-state index in [2.05, 4.69) is 5.10 Å². The maximum Gasteiger partial charge on any atom is 0.339 e. The Morgan fingerprint density at radius 3 is 2.58 bits per heavy atom. The van der Waals surface area contributed by atoms with Gasteiger partial charge in [0.25, 0.3) is 0 Å². The predicted molar refractivity (Wildman–Crippen MR) is 96.7 cm³/mol. The number of hydrogen-bond donors (Lipinski definition) is 1. The minimum atomic E-state index is -0.975. The van der Waals surface area contributed by atoms with Gasteiger partial charge in [-0.1, -0.05) is 6.07 Å². The summed E-state index contributed by atoms with van der Waals surface area (Å²) in [6, 6.07) is 3.71. The minimum Gasteiger partial charge on any atom is -0.478 e. The summed E-state index contributed by atoms with van der Waals surface area (Å²) in [6.07, 6.45) is 3.30. The molecule has 8 heteroatoms. The van der Waals surface area contributed by atoms with Crippen molar-refractivity contribution in [2.75, 3.05) is 13.1 Å². The van der Waals surface area contributed by atoms with Crippen LogP contribution in [0.1, 0.15) is 57.4 Å². The fourth-order valence-electron chi connectivity index (χ4n) is 3.30. The Balaban J connectivity index is 1.51. The summed E-state index contributed by atoms with van der Waals surface area (Å²) < 4.78 is 1.76. The number of rotatable bonds is 6. The Labute approximate surface area is 155 Å². The van der Waals surface area contributed by atoms with E-state index in [0.717, 1.165) is 12.8 Å². The third kappa shape index (κ3) is 3.85. The first-order valence-corrected chi connectivity index (χ1v) is 9.47. The second-order valence-corrected chi connectivity index (χ2v) is 7.35. The van der Waals surface area contributed by atoms with Gasteiger partial charge in [-0.2, -0.15) is 5.10 Å². The number of likely N-dealkylation sites (tertiary alicyclic amines) is 1. The number of thiophene rings is 1. The standard InChI is InChI=1S/C18H21N3O4S/c1-12-14(18(24)25)11-19-21(12)13-6-8-20(9-7-13)17(23)5-4-15(22)16-3-2-10-26-16/h2-3,10-11,13H,4-9H2,1H3,(H,24,25). The SMILES string of the molecule is Cc1c(C(=O)O)cnn1C1CCN(C(=O)CCC(=O)c2cccs2)CC1. The monoisotopic (exact) mass is 375 g/mol. The van der Waals surface area contributed by atoms with Crippen LogP contribution in [0.3, 0.4) is 0 Å². The summed E-state index contributed by atoms with van der Waals surface area (Å²) in [5, 5.41) is 15.2. The summed E-state index contributed by atoms with van der Waals surface area (Å²) in [6.45, 7) is 2.95. The molecule has 2 aromatic rings. The van der Waals surface area contributed by atoms with Gasteiger partial charge in [-0.25, -0.2) is 4.79 Å². The molecule has 1 amide bonds. The van der Waals surface area contributed by atoms with Crippen molar-refractivity contribution >= 4 is 29.0 Å². The lowest BCUT2D eigenvalue weighted by Gasteiger charge is -2.32. The highest BCUT2D eigenvalue weighted by Gasteiger charge is 2.26. The molecule has 0 unspecified atom stereocenters. The molecule has 3 heterocycles. The van der Waals surface area contributed by atoms with Crippen LogP contribution in [0, 0.1) is 6.92 Å². The van der Waals surface area contributed by atoms with E-state index >= 15 is 0 Å². The molecule has 3 rings (SSSR count). The van der Waals surface area contributed by atoms with Crippen molar-refractivity contribution in [2.24, 2.45) is 0 Å². The number of carbonyl (C=O) groups excluding carboxylic acids is 2. The van der Waals surface area contributed by atoms with E-state index in [0.29, 0.717) is 23.7 Å². The zero-order valence-corrected chi connectivity index (χ0v) is 15.4. The van der Waals surface area contributed by atoms with Crippen molar-refractivity contribution in [3.63, 3.8) is 0 Å². The van der Waals surface area contributed by atoms with Crippen molar-refractivity contribution in [3.8, 4) is 0 Å². The van der Waals surface area contributed by atoms with Gasteiger partial charge in [0.15, 0.2) is 5.78 Å². The summed E-state index contributed by atoms with van der Waals surface area (Å²) in [5.74, 6) is -0.967. The molecule has 0 aromatic carbocycles. The molecule has 1 aliphatic rings. The van der Waals surface area contributed by atoms with Crippen molar-refractivity contribution in [3.05, 3.63) is 39.8 Å². The lowest BCUT2D eigenvalue weighted by molar-refractivity contribution is -0.132. The number of Topliss-reactive ketones (excluding diaryl/α,β-unsaturated/α-hetero) is 1. The average Bonchev–Trinajstić information content (AvgIpc) is 3.29. The number of carboxylic acid groups (broad SMARTS) is 1. The highest BCUT2D eigenvalue weighted by atomic mass is 32.1. The van der Waals surface area contributed by atoms with Crippen LogP contribution in [0.15, 0.2) is 23.7 Å². The van der Waals surface area contributed by atoms with E-state index in [4.69, 9.17) is 5.11 Å². The number of aromatic carboxylic acids is 1. The van der Waals surface area contributed by atoms with Crippen LogP contribution in [0.4, 0.5) is 0 Å². The molecule has 0 aliphatic carbocycles.